The van der Waals surface area contributed by atoms with Crippen LogP contribution in [0.5, 0.6) is 0 Å². The van der Waals surface area contributed by atoms with Gasteiger partial charge in [-0.25, -0.2) is 0 Å². The Morgan fingerprint density at radius 2 is 2.30 bits per heavy atom. The van der Waals surface area contributed by atoms with Gasteiger partial charge in [0.05, 0.1) is 12.2 Å². The Kier molecular flexibility index (Phi) is 0.791. The maximum absolute atomic E-state index is 5.52. The third-order valence-electron chi connectivity index (χ3n) is 3.35. The number of rotatable bonds is 0. The predicted octanol–water partition coefficient (Wildman–Crippen LogP) is 1.74. The van der Waals surface area contributed by atoms with Crippen molar-refractivity contribution < 1.29 is 4.74 Å². The van der Waals surface area contributed by atoms with E-state index in [-0.39, 0.29) is 0 Å². The summed E-state index contributed by atoms with van der Waals surface area (Å²) in [7, 11) is 0. The first-order valence-corrected chi connectivity index (χ1v) is 4.19. The van der Waals surface area contributed by atoms with Crippen LogP contribution in [0.15, 0.2) is 12.2 Å². The molecule has 54 valence electrons. The molecule has 0 aromatic rings. The highest BCUT2D eigenvalue weighted by atomic mass is 16.6. The summed E-state index contributed by atoms with van der Waals surface area (Å²) in [6.45, 7) is 4.04. The molecule has 1 nitrogen and oxygen atoms in total. The van der Waals surface area contributed by atoms with Gasteiger partial charge in [0.1, 0.15) is 0 Å². The van der Waals surface area contributed by atoms with Gasteiger partial charge in [0.2, 0.25) is 0 Å². The van der Waals surface area contributed by atoms with Crippen molar-refractivity contribution >= 4 is 0 Å². The van der Waals surface area contributed by atoms with E-state index in [2.05, 4.69) is 6.58 Å². The molecule has 2 saturated carbocycles. The van der Waals surface area contributed by atoms with Crippen molar-refractivity contribution in [3.05, 3.63) is 12.2 Å². The minimum atomic E-state index is 0.657. The van der Waals surface area contributed by atoms with E-state index >= 15 is 0 Å². The molecule has 3 rings (SSSR count). The molecular formula is C9H12O. The summed E-state index contributed by atoms with van der Waals surface area (Å²) >= 11 is 0. The number of hydrogen-bond donors (Lipinski definition) is 0. The summed E-state index contributed by atoms with van der Waals surface area (Å²) in [4.78, 5) is 0. The Hall–Kier alpha value is -0.300. The Morgan fingerprint density at radius 1 is 1.40 bits per heavy atom. The molecular weight excluding hydrogens is 124 g/mol. The van der Waals surface area contributed by atoms with Crippen molar-refractivity contribution in [1.82, 2.24) is 0 Å². The van der Waals surface area contributed by atoms with E-state index in [1.165, 1.54) is 24.8 Å². The molecule has 0 bridgehead atoms. The van der Waals surface area contributed by atoms with E-state index in [0.29, 0.717) is 12.2 Å². The van der Waals surface area contributed by atoms with Crippen LogP contribution in [0.1, 0.15) is 19.3 Å². The smallest absolute Gasteiger partial charge is 0.0878 e. The lowest BCUT2D eigenvalue weighted by Gasteiger charge is -2.40. The minimum Gasteiger partial charge on any atom is -0.369 e. The van der Waals surface area contributed by atoms with Crippen molar-refractivity contribution in [2.75, 3.05) is 0 Å². The highest BCUT2D eigenvalue weighted by molar-refractivity contribution is 5.21. The first-order valence-electron chi connectivity index (χ1n) is 4.19. The zero-order valence-electron chi connectivity index (χ0n) is 6.05. The lowest BCUT2D eigenvalue weighted by atomic mass is 9.63. The van der Waals surface area contributed by atoms with Crippen LogP contribution in [0.25, 0.3) is 0 Å². The minimum absolute atomic E-state index is 0.657. The van der Waals surface area contributed by atoms with Crippen LogP contribution in [-0.2, 0) is 4.74 Å². The Bertz CT molecular complexity index is 197. The monoisotopic (exact) mass is 136 g/mol. The molecule has 1 heterocycles. The van der Waals surface area contributed by atoms with Crippen molar-refractivity contribution in [1.29, 1.82) is 0 Å². The highest BCUT2D eigenvalue weighted by Crippen LogP contribution is 2.55. The first-order chi connectivity index (χ1) is 4.86. The quantitative estimate of drug-likeness (QED) is 0.365. The molecule has 0 N–H and O–H groups in total. The average Bonchev–Trinajstić information content (AvgIpc) is 2.63. The predicted molar refractivity (Wildman–Crippen MR) is 38.6 cm³/mol. The molecule has 3 aliphatic rings. The molecule has 4 atom stereocenters. The van der Waals surface area contributed by atoms with Crippen molar-refractivity contribution in [2.24, 2.45) is 11.8 Å². The van der Waals surface area contributed by atoms with Crippen molar-refractivity contribution in [3.8, 4) is 0 Å². The molecule has 4 unspecified atom stereocenters. The lowest BCUT2D eigenvalue weighted by Crippen LogP contribution is -2.36. The second-order valence-electron chi connectivity index (χ2n) is 3.85. The van der Waals surface area contributed by atoms with Gasteiger partial charge in [-0.3, -0.25) is 0 Å². The van der Waals surface area contributed by atoms with Crippen LogP contribution in [0, 0.1) is 11.8 Å². The van der Waals surface area contributed by atoms with E-state index < -0.39 is 0 Å². The second kappa shape index (κ2) is 1.48. The Morgan fingerprint density at radius 3 is 3.10 bits per heavy atom. The number of hydrogen-bond acceptors (Lipinski definition) is 1. The van der Waals surface area contributed by atoms with Gasteiger partial charge in [-0.05, 0) is 31.1 Å². The van der Waals surface area contributed by atoms with E-state index in [9.17, 15) is 0 Å². The van der Waals surface area contributed by atoms with Gasteiger partial charge in [0.15, 0.2) is 0 Å². The molecule has 1 heteroatoms. The molecule has 0 aromatic carbocycles. The van der Waals surface area contributed by atoms with Crippen LogP contribution < -0.4 is 0 Å². The highest BCUT2D eigenvalue weighted by Gasteiger charge is 2.55. The first kappa shape index (κ1) is 5.36. The fraction of sp³-hybridized carbons (Fsp3) is 0.778. The third-order valence-corrected chi connectivity index (χ3v) is 3.35. The van der Waals surface area contributed by atoms with Crippen LogP contribution in [-0.4, -0.2) is 12.2 Å². The maximum atomic E-state index is 5.52. The number of fused-ring (bicyclic) bond motifs is 3. The molecule has 1 saturated heterocycles. The number of allylic oxidation sites excluding steroid dienone is 1. The van der Waals surface area contributed by atoms with Crippen LogP contribution in [0.3, 0.4) is 0 Å². The van der Waals surface area contributed by atoms with E-state index in [0.717, 1.165) is 11.8 Å². The van der Waals surface area contributed by atoms with Gasteiger partial charge in [-0.2, -0.15) is 0 Å². The Labute approximate surface area is 61.1 Å². The zero-order chi connectivity index (χ0) is 6.72. The summed E-state index contributed by atoms with van der Waals surface area (Å²) in [5.74, 6) is 1.73. The number of epoxide rings is 1. The summed E-state index contributed by atoms with van der Waals surface area (Å²) in [5, 5.41) is 0. The summed E-state index contributed by atoms with van der Waals surface area (Å²) in [5.41, 5.74) is 1.49. The summed E-state index contributed by atoms with van der Waals surface area (Å²) < 4.78 is 5.52. The number of ether oxygens (including phenoxy) is 1. The van der Waals surface area contributed by atoms with Gasteiger partial charge in [-0.1, -0.05) is 12.2 Å². The standard InChI is InChI=1S/C9H12O/c1-5-4-7-6(5)2-3-8-9(7)10-8/h6-9H,1-4H2. The van der Waals surface area contributed by atoms with E-state index in [1.54, 1.807) is 0 Å². The molecule has 0 spiro atoms. The topological polar surface area (TPSA) is 12.5 Å². The normalized spacial score (nSPS) is 56.6. The molecule has 2 aliphatic carbocycles. The van der Waals surface area contributed by atoms with Crippen molar-refractivity contribution in [3.63, 3.8) is 0 Å². The van der Waals surface area contributed by atoms with E-state index in [1.807, 2.05) is 0 Å². The Balaban J connectivity index is 1.84. The van der Waals surface area contributed by atoms with Crippen LogP contribution >= 0.6 is 0 Å². The summed E-state index contributed by atoms with van der Waals surface area (Å²) in [6, 6.07) is 0. The largest absolute Gasteiger partial charge is 0.369 e. The fourth-order valence-electron chi connectivity index (χ4n) is 2.61. The molecule has 0 amide bonds. The van der Waals surface area contributed by atoms with Gasteiger partial charge in [0, 0.05) is 0 Å². The zero-order valence-corrected chi connectivity index (χ0v) is 6.05. The fourth-order valence-corrected chi connectivity index (χ4v) is 2.61. The lowest BCUT2D eigenvalue weighted by molar-refractivity contribution is 0.199. The molecule has 3 fully saturated rings. The molecule has 0 radical (unpaired) electrons. The van der Waals surface area contributed by atoms with Gasteiger partial charge < -0.3 is 4.74 Å². The molecule has 10 heavy (non-hydrogen) atoms. The average molecular weight is 136 g/mol. The second-order valence-corrected chi connectivity index (χ2v) is 3.85. The third kappa shape index (κ3) is 0.485. The van der Waals surface area contributed by atoms with Gasteiger partial charge in [-0.15, -0.1) is 0 Å². The van der Waals surface area contributed by atoms with Crippen molar-refractivity contribution in [2.45, 2.75) is 31.5 Å². The van der Waals surface area contributed by atoms with Gasteiger partial charge >= 0.3 is 0 Å². The van der Waals surface area contributed by atoms with Gasteiger partial charge in [0.25, 0.3) is 0 Å². The SMILES string of the molecule is C=C1CC2C1CCC1OC12. The summed E-state index contributed by atoms with van der Waals surface area (Å²) in [6.07, 6.45) is 5.22. The van der Waals surface area contributed by atoms with Crippen LogP contribution in [0.2, 0.25) is 0 Å². The maximum Gasteiger partial charge on any atom is 0.0878 e. The molecule has 0 aromatic heterocycles. The van der Waals surface area contributed by atoms with E-state index in [4.69, 9.17) is 4.74 Å². The van der Waals surface area contributed by atoms with Crippen LogP contribution in [0.4, 0.5) is 0 Å². The molecule has 1 aliphatic heterocycles.